The van der Waals surface area contributed by atoms with Crippen LogP contribution < -0.4 is 10.6 Å². The first-order valence-electron chi connectivity index (χ1n) is 6.31. The molecule has 2 N–H and O–H groups in total. The van der Waals surface area contributed by atoms with Crippen molar-refractivity contribution < 1.29 is 9.47 Å². The van der Waals surface area contributed by atoms with Gasteiger partial charge in [-0.05, 0) is 24.6 Å². The summed E-state index contributed by atoms with van der Waals surface area (Å²) in [4.78, 5) is 2.07. The molecule has 0 radical (unpaired) electrons. The first kappa shape index (κ1) is 13.3. The standard InChI is InChI=1S/C14H22N2O2/c1-14(17-8-9-18-14)10-13(15)11-4-6-12(7-5-11)16(2)3/h4-7,13H,8-10,15H2,1-3H3. The van der Waals surface area contributed by atoms with Gasteiger partial charge < -0.3 is 20.1 Å². The largest absolute Gasteiger partial charge is 0.378 e. The van der Waals surface area contributed by atoms with E-state index in [2.05, 4.69) is 29.2 Å². The first-order chi connectivity index (χ1) is 8.50. The van der Waals surface area contributed by atoms with E-state index in [9.17, 15) is 0 Å². The highest BCUT2D eigenvalue weighted by atomic mass is 16.7. The molecular weight excluding hydrogens is 228 g/mol. The zero-order valence-corrected chi connectivity index (χ0v) is 11.3. The van der Waals surface area contributed by atoms with E-state index in [0.717, 1.165) is 5.56 Å². The molecule has 0 bridgehead atoms. The van der Waals surface area contributed by atoms with Crippen LogP contribution in [0, 0.1) is 0 Å². The molecule has 4 heteroatoms. The van der Waals surface area contributed by atoms with Gasteiger partial charge in [-0.1, -0.05) is 12.1 Å². The van der Waals surface area contributed by atoms with Gasteiger partial charge in [0.05, 0.1) is 13.2 Å². The SMILES string of the molecule is CN(C)c1ccc(C(N)CC2(C)OCCO2)cc1. The monoisotopic (exact) mass is 250 g/mol. The minimum atomic E-state index is -0.528. The molecule has 1 fully saturated rings. The van der Waals surface area contributed by atoms with Gasteiger partial charge in [0.15, 0.2) is 5.79 Å². The van der Waals surface area contributed by atoms with Crippen LogP contribution in [0.1, 0.15) is 24.9 Å². The molecule has 1 heterocycles. The summed E-state index contributed by atoms with van der Waals surface area (Å²) in [5.74, 6) is -0.528. The van der Waals surface area contributed by atoms with Crippen molar-refractivity contribution in [1.29, 1.82) is 0 Å². The van der Waals surface area contributed by atoms with Crippen molar-refractivity contribution in [1.82, 2.24) is 0 Å². The minimum absolute atomic E-state index is 0.0655. The van der Waals surface area contributed by atoms with E-state index in [0.29, 0.717) is 19.6 Å². The molecule has 1 aliphatic heterocycles. The first-order valence-corrected chi connectivity index (χ1v) is 6.31. The second kappa shape index (κ2) is 5.26. The van der Waals surface area contributed by atoms with Crippen LogP contribution in [0.25, 0.3) is 0 Å². The van der Waals surface area contributed by atoms with Gasteiger partial charge in [-0.15, -0.1) is 0 Å². The van der Waals surface area contributed by atoms with E-state index in [1.807, 2.05) is 21.0 Å². The van der Waals surface area contributed by atoms with E-state index >= 15 is 0 Å². The van der Waals surface area contributed by atoms with Gasteiger partial charge in [-0.25, -0.2) is 0 Å². The Balaban J connectivity index is 2.02. The summed E-state index contributed by atoms with van der Waals surface area (Å²) in [6, 6.07) is 8.22. The second-order valence-corrected chi connectivity index (χ2v) is 5.13. The number of rotatable bonds is 4. The summed E-state index contributed by atoms with van der Waals surface area (Å²) in [7, 11) is 4.05. The van der Waals surface area contributed by atoms with Crippen LogP contribution in [0.3, 0.4) is 0 Å². The van der Waals surface area contributed by atoms with Crippen LogP contribution in [0.5, 0.6) is 0 Å². The van der Waals surface area contributed by atoms with Crippen molar-refractivity contribution in [2.75, 3.05) is 32.2 Å². The molecule has 0 spiro atoms. The Hall–Kier alpha value is -1.10. The predicted molar refractivity (Wildman–Crippen MR) is 72.6 cm³/mol. The molecule has 0 saturated carbocycles. The number of ether oxygens (including phenoxy) is 2. The van der Waals surface area contributed by atoms with Crippen molar-refractivity contribution in [2.24, 2.45) is 5.73 Å². The number of hydrogen-bond acceptors (Lipinski definition) is 4. The molecule has 1 aromatic rings. The summed E-state index contributed by atoms with van der Waals surface area (Å²) < 4.78 is 11.2. The summed E-state index contributed by atoms with van der Waals surface area (Å²) in [5.41, 5.74) is 8.50. The van der Waals surface area contributed by atoms with E-state index in [1.165, 1.54) is 5.69 Å². The van der Waals surface area contributed by atoms with Crippen molar-refractivity contribution in [2.45, 2.75) is 25.2 Å². The lowest BCUT2D eigenvalue weighted by Crippen LogP contribution is -2.31. The zero-order chi connectivity index (χ0) is 13.2. The van der Waals surface area contributed by atoms with Gasteiger partial charge in [-0.2, -0.15) is 0 Å². The average molecular weight is 250 g/mol. The third-order valence-electron chi connectivity index (χ3n) is 3.33. The zero-order valence-electron chi connectivity index (χ0n) is 11.3. The topological polar surface area (TPSA) is 47.7 Å². The van der Waals surface area contributed by atoms with E-state index < -0.39 is 5.79 Å². The van der Waals surface area contributed by atoms with Gasteiger partial charge in [0.1, 0.15) is 0 Å². The summed E-state index contributed by atoms with van der Waals surface area (Å²) in [5, 5.41) is 0. The molecular formula is C14H22N2O2. The minimum Gasteiger partial charge on any atom is -0.378 e. The number of hydrogen-bond donors (Lipinski definition) is 1. The molecule has 18 heavy (non-hydrogen) atoms. The highest BCUT2D eigenvalue weighted by molar-refractivity contribution is 5.46. The number of nitrogens with two attached hydrogens (primary N) is 1. The molecule has 2 rings (SSSR count). The van der Waals surface area contributed by atoms with Crippen molar-refractivity contribution in [3.63, 3.8) is 0 Å². The highest BCUT2D eigenvalue weighted by Gasteiger charge is 2.33. The van der Waals surface area contributed by atoms with Gasteiger partial charge in [0.2, 0.25) is 0 Å². The van der Waals surface area contributed by atoms with Crippen molar-refractivity contribution >= 4 is 5.69 Å². The number of nitrogens with zero attached hydrogens (tertiary/aromatic N) is 1. The lowest BCUT2D eigenvalue weighted by molar-refractivity contribution is -0.150. The van der Waals surface area contributed by atoms with Gasteiger partial charge in [0.25, 0.3) is 0 Å². The van der Waals surface area contributed by atoms with Crippen LogP contribution in [-0.4, -0.2) is 33.1 Å². The van der Waals surface area contributed by atoms with Crippen LogP contribution in [0.4, 0.5) is 5.69 Å². The molecule has 1 unspecified atom stereocenters. The lowest BCUT2D eigenvalue weighted by atomic mass is 10.00. The quantitative estimate of drug-likeness (QED) is 0.886. The summed E-state index contributed by atoms with van der Waals surface area (Å²) in [6.45, 7) is 3.26. The molecule has 0 aliphatic carbocycles. The van der Waals surface area contributed by atoms with Crippen LogP contribution in [0.2, 0.25) is 0 Å². The highest BCUT2D eigenvalue weighted by Crippen LogP contribution is 2.29. The van der Waals surface area contributed by atoms with Crippen LogP contribution >= 0.6 is 0 Å². The third-order valence-corrected chi connectivity index (χ3v) is 3.33. The fourth-order valence-electron chi connectivity index (χ4n) is 2.21. The molecule has 4 nitrogen and oxygen atoms in total. The Bertz CT molecular complexity index is 383. The van der Waals surface area contributed by atoms with E-state index in [1.54, 1.807) is 0 Å². The van der Waals surface area contributed by atoms with Crippen LogP contribution in [0.15, 0.2) is 24.3 Å². The Morgan fingerprint density at radius 1 is 1.22 bits per heavy atom. The van der Waals surface area contributed by atoms with E-state index in [4.69, 9.17) is 15.2 Å². The van der Waals surface area contributed by atoms with Crippen molar-refractivity contribution in [3.8, 4) is 0 Å². The fraction of sp³-hybridized carbons (Fsp3) is 0.571. The summed E-state index contributed by atoms with van der Waals surface area (Å²) in [6.07, 6.45) is 0.675. The molecule has 1 aromatic carbocycles. The Morgan fingerprint density at radius 3 is 2.28 bits per heavy atom. The predicted octanol–water partition coefficient (Wildman–Crippen LogP) is 1.91. The molecule has 0 amide bonds. The van der Waals surface area contributed by atoms with Gasteiger partial charge in [-0.3, -0.25) is 0 Å². The smallest absolute Gasteiger partial charge is 0.167 e. The fourth-order valence-corrected chi connectivity index (χ4v) is 2.21. The van der Waals surface area contributed by atoms with Gasteiger partial charge >= 0.3 is 0 Å². The maximum absolute atomic E-state index is 6.21. The maximum Gasteiger partial charge on any atom is 0.167 e. The third kappa shape index (κ3) is 3.02. The number of benzene rings is 1. The Labute approximate surface area is 109 Å². The summed E-state index contributed by atoms with van der Waals surface area (Å²) >= 11 is 0. The maximum atomic E-state index is 6.21. The molecule has 1 aliphatic rings. The lowest BCUT2D eigenvalue weighted by Gasteiger charge is -2.26. The Kier molecular flexibility index (Phi) is 3.90. The van der Waals surface area contributed by atoms with Crippen molar-refractivity contribution in [3.05, 3.63) is 29.8 Å². The second-order valence-electron chi connectivity index (χ2n) is 5.13. The Morgan fingerprint density at radius 2 is 1.78 bits per heavy atom. The molecule has 1 saturated heterocycles. The van der Waals surface area contributed by atoms with E-state index in [-0.39, 0.29) is 6.04 Å². The van der Waals surface area contributed by atoms with Gasteiger partial charge in [0, 0.05) is 32.2 Å². The average Bonchev–Trinajstić information content (AvgIpc) is 2.76. The van der Waals surface area contributed by atoms with Crippen LogP contribution in [-0.2, 0) is 9.47 Å². The number of anilines is 1. The molecule has 100 valence electrons. The normalized spacial score (nSPS) is 19.8. The molecule has 1 atom stereocenters. The molecule has 0 aromatic heterocycles.